The summed E-state index contributed by atoms with van der Waals surface area (Å²) in [7, 11) is 3.87. The van der Waals surface area contributed by atoms with E-state index in [1.54, 1.807) is 0 Å². The highest BCUT2D eigenvalue weighted by Crippen LogP contribution is 2.22. The van der Waals surface area contributed by atoms with Gasteiger partial charge in [-0.2, -0.15) is 0 Å². The molecule has 1 aliphatic rings. The maximum Gasteiger partial charge on any atom is 0.244 e. The third-order valence-electron chi connectivity index (χ3n) is 3.40. The topological polar surface area (TPSA) is 49.6 Å². The van der Waals surface area contributed by atoms with Gasteiger partial charge < -0.3 is 10.6 Å². The first kappa shape index (κ1) is 13.1. The van der Waals surface area contributed by atoms with Gasteiger partial charge in [0.25, 0.3) is 0 Å². The van der Waals surface area contributed by atoms with E-state index in [9.17, 15) is 4.79 Å². The van der Waals surface area contributed by atoms with Gasteiger partial charge in [0.05, 0.1) is 0 Å². The second-order valence-corrected chi connectivity index (χ2v) is 5.11. The summed E-state index contributed by atoms with van der Waals surface area (Å²) in [6.45, 7) is 1.45. The Hall–Kier alpha value is -1.39. The molecule has 0 spiro atoms. The molecule has 2 atom stereocenters. The van der Waals surface area contributed by atoms with Crippen molar-refractivity contribution >= 4 is 5.91 Å². The largest absolute Gasteiger partial charge is 0.339 e. The summed E-state index contributed by atoms with van der Waals surface area (Å²) < 4.78 is 0. The number of hydrogen-bond donors (Lipinski definition) is 1. The van der Waals surface area contributed by atoms with Crippen LogP contribution in [0.1, 0.15) is 18.0 Å². The van der Waals surface area contributed by atoms with E-state index in [0.717, 1.165) is 18.5 Å². The molecular weight excluding hydrogens is 226 g/mol. The van der Waals surface area contributed by atoms with Crippen molar-refractivity contribution in [3.05, 3.63) is 35.9 Å². The molecule has 98 valence electrons. The third kappa shape index (κ3) is 2.71. The van der Waals surface area contributed by atoms with Gasteiger partial charge in [0.2, 0.25) is 5.91 Å². The number of hydrogen-bond acceptors (Lipinski definition) is 3. The molecule has 1 heterocycles. The Morgan fingerprint density at radius 1 is 1.39 bits per heavy atom. The number of rotatable bonds is 3. The normalized spacial score (nSPS) is 21.3. The number of likely N-dealkylation sites (N-methyl/N-ethyl adjacent to an activating group) is 1. The minimum Gasteiger partial charge on any atom is -0.339 e. The van der Waals surface area contributed by atoms with Crippen LogP contribution in [0.5, 0.6) is 0 Å². The Labute approximate surface area is 108 Å². The van der Waals surface area contributed by atoms with E-state index in [1.165, 1.54) is 0 Å². The van der Waals surface area contributed by atoms with E-state index >= 15 is 0 Å². The summed E-state index contributed by atoms with van der Waals surface area (Å²) >= 11 is 0. The molecule has 4 nitrogen and oxygen atoms in total. The predicted octanol–water partition coefficient (Wildman–Crippen LogP) is 0.849. The van der Waals surface area contributed by atoms with Gasteiger partial charge in [0.15, 0.2) is 0 Å². The number of benzene rings is 1. The first-order chi connectivity index (χ1) is 8.59. The van der Waals surface area contributed by atoms with Gasteiger partial charge in [-0.05, 0) is 26.1 Å². The van der Waals surface area contributed by atoms with Crippen LogP contribution in [0.2, 0.25) is 0 Å². The highest BCUT2D eigenvalue weighted by Gasteiger charge is 2.31. The molecule has 0 unspecified atom stereocenters. The highest BCUT2D eigenvalue weighted by atomic mass is 16.2. The summed E-state index contributed by atoms with van der Waals surface area (Å²) in [4.78, 5) is 16.4. The van der Waals surface area contributed by atoms with E-state index < -0.39 is 0 Å². The third-order valence-corrected chi connectivity index (χ3v) is 3.40. The Kier molecular flexibility index (Phi) is 3.99. The minimum atomic E-state index is -0.212. The summed E-state index contributed by atoms with van der Waals surface area (Å²) in [6, 6.07) is 9.82. The summed E-state index contributed by atoms with van der Waals surface area (Å²) in [5, 5.41) is 0. The zero-order valence-electron chi connectivity index (χ0n) is 11.0. The molecule has 1 aromatic rings. The summed E-state index contributed by atoms with van der Waals surface area (Å²) in [5.74, 6) is 0.152. The first-order valence-corrected chi connectivity index (χ1v) is 6.35. The lowest BCUT2D eigenvalue weighted by Gasteiger charge is -2.28. The maximum absolute atomic E-state index is 12.6. The number of carbonyl (C=O) groups excluding carboxylic acids is 1. The minimum absolute atomic E-state index is 0.132. The van der Waals surface area contributed by atoms with Gasteiger partial charge in [-0.15, -0.1) is 0 Å². The predicted molar refractivity (Wildman–Crippen MR) is 72.0 cm³/mol. The second-order valence-electron chi connectivity index (χ2n) is 5.11. The molecule has 1 amide bonds. The number of carbonyl (C=O) groups is 1. The molecule has 2 N–H and O–H groups in total. The van der Waals surface area contributed by atoms with Crippen LogP contribution in [0, 0.1) is 0 Å². The molecular formula is C14H21N3O. The van der Waals surface area contributed by atoms with Crippen LogP contribution in [-0.2, 0) is 4.79 Å². The van der Waals surface area contributed by atoms with Crippen molar-refractivity contribution in [1.29, 1.82) is 0 Å². The molecule has 1 aromatic carbocycles. The molecule has 2 rings (SSSR count). The SMILES string of the molecule is CN(C)[C@@H](C(=O)N1CC[C@@H](N)C1)c1ccccc1. The van der Waals surface area contributed by atoms with Gasteiger partial charge in [-0.3, -0.25) is 9.69 Å². The Morgan fingerprint density at radius 3 is 2.56 bits per heavy atom. The van der Waals surface area contributed by atoms with Crippen molar-refractivity contribution in [3.8, 4) is 0 Å². The van der Waals surface area contributed by atoms with E-state index in [0.29, 0.717) is 6.54 Å². The molecule has 0 aliphatic carbocycles. The average Bonchev–Trinajstić information content (AvgIpc) is 2.77. The summed E-state index contributed by atoms with van der Waals surface area (Å²) in [5.41, 5.74) is 6.91. The number of nitrogens with two attached hydrogens (primary N) is 1. The molecule has 1 saturated heterocycles. The first-order valence-electron chi connectivity index (χ1n) is 6.35. The van der Waals surface area contributed by atoms with E-state index in [1.807, 2.05) is 54.2 Å². The summed E-state index contributed by atoms with van der Waals surface area (Å²) in [6.07, 6.45) is 0.903. The average molecular weight is 247 g/mol. The van der Waals surface area contributed by atoms with Crippen molar-refractivity contribution in [2.24, 2.45) is 5.73 Å². The Balaban J connectivity index is 2.18. The lowest BCUT2D eigenvalue weighted by atomic mass is 10.0. The van der Waals surface area contributed by atoms with Crippen molar-refractivity contribution in [2.75, 3.05) is 27.2 Å². The van der Waals surface area contributed by atoms with Crippen LogP contribution in [0.15, 0.2) is 30.3 Å². The van der Waals surface area contributed by atoms with E-state index in [4.69, 9.17) is 5.73 Å². The van der Waals surface area contributed by atoms with Crippen molar-refractivity contribution in [2.45, 2.75) is 18.5 Å². The van der Waals surface area contributed by atoms with Gasteiger partial charge in [-0.25, -0.2) is 0 Å². The fourth-order valence-electron chi connectivity index (χ4n) is 2.46. The van der Waals surface area contributed by atoms with Crippen molar-refractivity contribution < 1.29 is 4.79 Å². The lowest BCUT2D eigenvalue weighted by molar-refractivity contribution is -0.135. The highest BCUT2D eigenvalue weighted by molar-refractivity contribution is 5.83. The standard InChI is InChI=1S/C14H21N3O/c1-16(2)13(11-6-4-3-5-7-11)14(18)17-9-8-12(15)10-17/h3-7,12-13H,8-10,15H2,1-2H3/t12-,13-/m1/s1. The Bertz CT molecular complexity index is 405. The number of likely N-dealkylation sites (tertiary alicyclic amines) is 1. The van der Waals surface area contributed by atoms with Gasteiger partial charge in [0, 0.05) is 19.1 Å². The van der Waals surface area contributed by atoms with Crippen LogP contribution in [0.25, 0.3) is 0 Å². The molecule has 1 fully saturated rings. The lowest BCUT2D eigenvalue weighted by Crippen LogP contribution is -2.40. The smallest absolute Gasteiger partial charge is 0.244 e. The molecule has 0 saturated carbocycles. The van der Waals surface area contributed by atoms with Crippen LogP contribution in [0.3, 0.4) is 0 Å². The van der Waals surface area contributed by atoms with E-state index in [2.05, 4.69) is 0 Å². The second kappa shape index (κ2) is 5.50. The monoisotopic (exact) mass is 247 g/mol. The molecule has 1 aliphatic heterocycles. The zero-order chi connectivity index (χ0) is 13.1. The van der Waals surface area contributed by atoms with Crippen molar-refractivity contribution in [3.63, 3.8) is 0 Å². The zero-order valence-corrected chi connectivity index (χ0v) is 11.0. The van der Waals surface area contributed by atoms with E-state index in [-0.39, 0.29) is 18.0 Å². The number of nitrogens with zero attached hydrogens (tertiary/aromatic N) is 2. The molecule has 0 aromatic heterocycles. The van der Waals surface area contributed by atoms with Gasteiger partial charge >= 0.3 is 0 Å². The molecule has 18 heavy (non-hydrogen) atoms. The molecule has 4 heteroatoms. The van der Waals surface area contributed by atoms with Crippen LogP contribution in [0.4, 0.5) is 0 Å². The van der Waals surface area contributed by atoms with Crippen molar-refractivity contribution in [1.82, 2.24) is 9.80 Å². The van der Waals surface area contributed by atoms with Gasteiger partial charge in [0.1, 0.15) is 6.04 Å². The fourth-order valence-corrected chi connectivity index (χ4v) is 2.46. The quantitative estimate of drug-likeness (QED) is 0.861. The Morgan fingerprint density at radius 2 is 2.06 bits per heavy atom. The fraction of sp³-hybridized carbons (Fsp3) is 0.500. The molecule has 0 radical (unpaired) electrons. The maximum atomic E-state index is 12.6. The number of amides is 1. The molecule has 0 bridgehead atoms. The van der Waals surface area contributed by atoms with Crippen LogP contribution in [-0.4, -0.2) is 48.9 Å². The van der Waals surface area contributed by atoms with Gasteiger partial charge in [-0.1, -0.05) is 30.3 Å². The van der Waals surface area contributed by atoms with Crippen LogP contribution < -0.4 is 5.73 Å². The van der Waals surface area contributed by atoms with Crippen LogP contribution >= 0.6 is 0 Å².